The Morgan fingerprint density at radius 1 is 1.17 bits per heavy atom. The van der Waals surface area contributed by atoms with Crippen LogP contribution in [-0.4, -0.2) is 71.9 Å². The van der Waals surface area contributed by atoms with Gasteiger partial charge in [-0.05, 0) is 45.9 Å². The number of amides is 3. The molecule has 0 aliphatic carbocycles. The summed E-state index contributed by atoms with van der Waals surface area (Å²) >= 11 is 0. The van der Waals surface area contributed by atoms with Gasteiger partial charge in [0.25, 0.3) is 0 Å². The second-order valence-corrected chi connectivity index (χ2v) is 9.56. The minimum atomic E-state index is -0.593. The number of hydrogen-bond acceptors (Lipinski definition) is 6. The van der Waals surface area contributed by atoms with Crippen molar-refractivity contribution in [1.29, 1.82) is 0 Å². The number of nitrogens with zero attached hydrogens (tertiary/aromatic N) is 3. The van der Waals surface area contributed by atoms with Gasteiger partial charge in [0.1, 0.15) is 5.60 Å². The minimum absolute atomic E-state index is 0.0842. The van der Waals surface area contributed by atoms with Crippen LogP contribution < -0.4 is 10.6 Å². The Hall–Kier alpha value is -3.24. The van der Waals surface area contributed by atoms with E-state index in [-0.39, 0.29) is 17.8 Å². The molecule has 10 heteroatoms. The highest BCUT2D eigenvalue weighted by molar-refractivity contribution is 5.99. The van der Waals surface area contributed by atoms with Crippen molar-refractivity contribution in [1.82, 2.24) is 14.8 Å². The van der Waals surface area contributed by atoms with Gasteiger partial charge < -0.3 is 25.0 Å². The van der Waals surface area contributed by atoms with Crippen LogP contribution in [0.2, 0.25) is 0 Å². The molecular weight excluding hydrogens is 453 g/mol. The highest BCUT2D eigenvalue weighted by atomic mass is 19.1. The third-order valence-corrected chi connectivity index (χ3v) is 5.44. The lowest BCUT2D eigenvalue weighted by Gasteiger charge is -2.41. The second kappa shape index (κ2) is 11.5. The molecule has 1 aliphatic heterocycles. The van der Waals surface area contributed by atoms with Gasteiger partial charge in [0.15, 0.2) is 5.82 Å². The molecule has 1 aromatic heterocycles. The third kappa shape index (κ3) is 7.63. The van der Waals surface area contributed by atoms with Crippen molar-refractivity contribution in [2.24, 2.45) is 0 Å². The predicted octanol–water partition coefficient (Wildman–Crippen LogP) is 4.24. The standard InChI is InChI=1S/C25H34FN5O4/c1-17-9-10-19(13-27-17)28-23(32)29-21-8-6-7-18(22(21)26)14-30-11-12-31(20(15-30)16-34-5)24(33)35-25(2,3)4/h6-10,13,20H,11-12,14-16H2,1-5H3,(H2,28,29,32)/t20-/m0/s1. The molecule has 0 saturated carbocycles. The van der Waals surface area contributed by atoms with Gasteiger partial charge >= 0.3 is 12.1 Å². The molecule has 0 unspecified atom stereocenters. The molecule has 2 aromatic rings. The van der Waals surface area contributed by atoms with E-state index >= 15 is 4.39 Å². The highest BCUT2D eigenvalue weighted by Gasteiger charge is 2.33. The molecule has 2 heterocycles. The summed E-state index contributed by atoms with van der Waals surface area (Å²) in [5, 5.41) is 5.21. The Morgan fingerprint density at radius 3 is 2.60 bits per heavy atom. The smallest absolute Gasteiger partial charge is 0.410 e. The Labute approximate surface area is 205 Å². The summed E-state index contributed by atoms with van der Waals surface area (Å²) in [6.07, 6.45) is 1.15. The molecule has 1 atom stereocenters. The van der Waals surface area contributed by atoms with Gasteiger partial charge in [-0.3, -0.25) is 9.88 Å². The lowest BCUT2D eigenvalue weighted by molar-refractivity contribution is -0.0175. The minimum Gasteiger partial charge on any atom is -0.444 e. The number of ether oxygens (including phenoxy) is 2. The zero-order chi connectivity index (χ0) is 25.6. The maximum Gasteiger partial charge on any atom is 0.410 e. The van der Waals surface area contributed by atoms with Crippen LogP contribution >= 0.6 is 0 Å². The zero-order valence-corrected chi connectivity index (χ0v) is 20.9. The lowest BCUT2D eigenvalue weighted by Crippen LogP contribution is -2.57. The summed E-state index contributed by atoms with van der Waals surface area (Å²) in [4.78, 5) is 32.8. The molecule has 0 bridgehead atoms. The van der Waals surface area contributed by atoms with Crippen LogP contribution in [0.3, 0.4) is 0 Å². The van der Waals surface area contributed by atoms with Crippen molar-refractivity contribution in [3.8, 4) is 0 Å². The molecule has 1 aromatic carbocycles. The van der Waals surface area contributed by atoms with Crippen LogP contribution in [0.5, 0.6) is 0 Å². The molecule has 0 spiro atoms. The number of hydrogen-bond donors (Lipinski definition) is 2. The number of aromatic nitrogens is 1. The van der Waals surface area contributed by atoms with Crippen molar-refractivity contribution in [2.45, 2.75) is 45.9 Å². The third-order valence-electron chi connectivity index (χ3n) is 5.44. The number of halogens is 1. The number of carbonyl (C=O) groups excluding carboxylic acids is 2. The molecule has 0 radical (unpaired) electrons. The average Bonchev–Trinajstić information content (AvgIpc) is 2.77. The van der Waals surface area contributed by atoms with Crippen LogP contribution in [0, 0.1) is 12.7 Å². The normalized spacial score (nSPS) is 16.6. The number of piperazine rings is 1. The molecule has 3 rings (SSSR count). The largest absolute Gasteiger partial charge is 0.444 e. The van der Waals surface area contributed by atoms with E-state index in [4.69, 9.17) is 9.47 Å². The molecule has 35 heavy (non-hydrogen) atoms. The Bertz CT molecular complexity index is 1030. The van der Waals surface area contributed by atoms with Crippen molar-refractivity contribution < 1.29 is 23.5 Å². The first kappa shape index (κ1) is 26.4. The van der Waals surface area contributed by atoms with Crippen molar-refractivity contribution in [3.63, 3.8) is 0 Å². The first-order chi connectivity index (χ1) is 16.6. The van der Waals surface area contributed by atoms with Crippen molar-refractivity contribution in [3.05, 3.63) is 53.6 Å². The van der Waals surface area contributed by atoms with E-state index in [2.05, 4.69) is 20.5 Å². The van der Waals surface area contributed by atoms with Crippen LogP contribution in [0.25, 0.3) is 0 Å². The maximum atomic E-state index is 15.2. The number of urea groups is 1. The second-order valence-electron chi connectivity index (χ2n) is 9.56. The number of carbonyl (C=O) groups is 2. The zero-order valence-electron chi connectivity index (χ0n) is 20.9. The van der Waals surface area contributed by atoms with E-state index in [1.807, 2.05) is 27.7 Å². The van der Waals surface area contributed by atoms with Gasteiger partial charge in [0.05, 0.1) is 30.2 Å². The summed E-state index contributed by atoms with van der Waals surface area (Å²) in [7, 11) is 1.58. The van der Waals surface area contributed by atoms with E-state index in [0.717, 1.165) is 5.69 Å². The molecule has 1 fully saturated rings. The van der Waals surface area contributed by atoms with E-state index in [1.54, 1.807) is 36.3 Å². The SMILES string of the molecule is COC[C@@H]1CN(Cc2cccc(NC(=O)Nc3ccc(C)nc3)c2F)CCN1C(=O)OC(C)(C)C. The number of nitrogens with one attached hydrogen (secondary N) is 2. The summed E-state index contributed by atoms with van der Waals surface area (Å²) in [5.74, 6) is -0.498. The van der Waals surface area contributed by atoms with Gasteiger partial charge in [-0.15, -0.1) is 0 Å². The number of rotatable bonds is 6. The fourth-order valence-electron chi connectivity index (χ4n) is 3.82. The number of anilines is 2. The molecule has 1 aliphatic rings. The molecular formula is C25H34FN5O4. The number of pyridine rings is 1. The average molecular weight is 488 g/mol. The fourth-order valence-corrected chi connectivity index (χ4v) is 3.82. The van der Waals surface area contributed by atoms with E-state index in [9.17, 15) is 9.59 Å². The van der Waals surface area contributed by atoms with Crippen molar-refractivity contribution >= 4 is 23.5 Å². The Balaban J connectivity index is 1.63. The van der Waals surface area contributed by atoms with E-state index in [1.165, 1.54) is 12.3 Å². The topological polar surface area (TPSA) is 96.0 Å². The van der Waals surface area contributed by atoms with Gasteiger partial charge in [-0.1, -0.05) is 12.1 Å². The number of methoxy groups -OCH3 is 1. The molecule has 9 nitrogen and oxygen atoms in total. The van der Waals surface area contributed by atoms with Crippen LogP contribution in [-0.2, 0) is 16.0 Å². The summed E-state index contributed by atoms with van der Waals surface area (Å²) < 4.78 is 26.1. The van der Waals surface area contributed by atoms with Crippen molar-refractivity contribution in [2.75, 3.05) is 44.0 Å². The van der Waals surface area contributed by atoms with Crippen LogP contribution in [0.4, 0.5) is 25.4 Å². The fraction of sp³-hybridized carbons (Fsp3) is 0.480. The molecule has 190 valence electrons. The van der Waals surface area contributed by atoms with E-state index < -0.39 is 17.4 Å². The summed E-state index contributed by atoms with van der Waals surface area (Å²) in [5.41, 5.74) is 1.28. The molecule has 1 saturated heterocycles. The number of aryl methyl sites for hydroxylation is 1. The molecule has 2 N–H and O–H groups in total. The Morgan fingerprint density at radius 2 is 1.94 bits per heavy atom. The monoisotopic (exact) mass is 487 g/mol. The van der Waals surface area contributed by atoms with Crippen LogP contribution in [0.15, 0.2) is 36.5 Å². The van der Waals surface area contributed by atoms with Gasteiger partial charge in [0, 0.05) is 44.5 Å². The lowest BCUT2D eigenvalue weighted by atomic mass is 10.1. The quantitative estimate of drug-likeness (QED) is 0.633. The molecule has 3 amide bonds. The highest BCUT2D eigenvalue weighted by Crippen LogP contribution is 2.22. The number of benzene rings is 1. The van der Waals surface area contributed by atoms with E-state index in [0.29, 0.717) is 44.0 Å². The predicted molar refractivity (Wildman–Crippen MR) is 132 cm³/mol. The summed E-state index contributed by atoms with van der Waals surface area (Å²) in [6.45, 7) is 9.50. The first-order valence-electron chi connectivity index (χ1n) is 11.5. The maximum absolute atomic E-state index is 15.2. The van der Waals surface area contributed by atoms with Gasteiger partial charge in [0.2, 0.25) is 0 Å². The van der Waals surface area contributed by atoms with Gasteiger partial charge in [-0.2, -0.15) is 0 Å². The first-order valence-corrected chi connectivity index (χ1v) is 11.5. The van der Waals surface area contributed by atoms with Crippen LogP contribution in [0.1, 0.15) is 32.0 Å². The summed E-state index contributed by atoms with van der Waals surface area (Å²) in [6, 6.07) is 7.62. The Kier molecular flexibility index (Phi) is 8.63. The van der Waals surface area contributed by atoms with Gasteiger partial charge in [-0.25, -0.2) is 14.0 Å².